The molecule has 3 aromatic heterocycles. The molecule has 18 heavy (non-hydrogen) atoms. The SMILES string of the molecule is c1cnc(-c2cnnnc2-c2ncccn2)nc1. The zero-order chi connectivity index (χ0) is 12.2. The van der Waals surface area contributed by atoms with E-state index in [0.717, 1.165) is 0 Å². The van der Waals surface area contributed by atoms with Crippen molar-refractivity contribution in [3.63, 3.8) is 0 Å². The Labute approximate surface area is 102 Å². The summed E-state index contributed by atoms with van der Waals surface area (Å²) in [6.45, 7) is 0. The Balaban J connectivity index is 2.18. The van der Waals surface area contributed by atoms with Crippen LogP contribution in [0.2, 0.25) is 0 Å². The van der Waals surface area contributed by atoms with Crippen molar-refractivity contribution in [2.75, 3.05) is 0 Å². The van der Waals surface area contributed by atoms with E-state index in [1.54, 1.807) is 43.1 Å². The molecule has 0 aliphatic carbocycles. The molecule has 0 N–H and O–H groups in total. The zero-order valence-electron chi connectivity index (χ0n) is 9.17. The van der Waals surface area contributed by atoms with Crippen LogP contribution in [0.3, 0.4) is 0 Å². The average molecular weight is 237 g/mol. The van der Waals surface area contributed by atoms with Gasteiger partial charge < -0.3 is 0 Å². The van der Waals surface area contributed by atoms with E-state index in [1.165, 1.54) is 0 Å². The van der Waals surface area contributed by atoms with Crippen LogP contribution < -0.4 is 0 Å². The molecule has 3 heterocycles. The monoisotopic (exact) mass is 237 g/mol. The van der Waals surface area contributed by atoms with E-state index < -0.39 is 0 Å². The Morgan fingerprint density at radius 3 is 2.00 bits per heavy atom. The van der Waals surface area contributed by atoms with Crippen molar-refractivity contribution in [1.29, 1.82) is 0 Å². The molecule has 0 aliphatic heterocycles. The van der Waals surface area contributed by atoms with E-state index in [0.29, 0.717) is 22.9 Å². The summed E-state index contributed by atoms with van der Waals surface area (Å²) in [6, 6.07) is 3.47. The van der Waals surface area contributed by atoms with Crippen LogP contribution in [0.5, 0.6) is 0 Å². The standard InChI is InChI=1S/C11H7N7/c1-3-12-10(13-4-1)8-7-16-18-17-9(8)11-14-5-2-6-15-11/h1-7H. The first-order valence-electron chi connectivity index (χ1n) is 5.18. The molecule has 0 aliphatic rings. The van der Waals surface area contributed by atoms with Gasteiger partial charge in [0.2, 0.25) is 0 Å². The molecular weight excluding hydrogens is 230 g/mol. The lowest BCUT2D eigenvalue weighted by molar-refractivity contribution is 0.863. The van der Waals surface area contributed by atoms with Crippen LogP contribution in [0.25, 0.3) is 22.9 Å². The molecule has 0 saturated heterocycles. The van der Waals surface area contributed by atoms with Gasteiger partial charge in [0.15, 0.2) is 11.6 Å². The predicted octanol–water partition coefficient (Wildman–Crippen LogP) is 0.786. The van der Waals surface area contributed by atoms with Crippen molar-refractivity contribution in [1.82, 2.24) is 35.3 Å². The third-order valence-corrected chi connectivity index (χ3v) is 2.22. The summed E-state index contributed by atoms with van der Waals surface area (Å²) < 4.78 is 0. The van der Waals surface area contributed by atoms with Gasteiger partial charge in [0, 0.05) is 24.8 Å². The first-order chi connectivity index (χ1) is 8.95. The fourth-order valence-corrected chi connectivity index (χ4v) is 1.46. The van der Waals surface area contributed by atoms with Crippen LogP contribution in [-0.4, -0.2) is 35.3 Å². The van der Waals surface area contributed by atoms with E-state index >= 15 is 0 Å². The third kappa shape index (κ3) is 1.88. The van der Waals surface area contributed by atoms with Gasteiger partial charge in [0.1, 0.15) is 5.69 Å². The molecule has 7 nitrogen and oxygen atoms in total. The summed E-state index contributed by atoms with van der Waals surface area (Å²) in [7, 11) is 0. The van der Waals surface area contributed by atoms with Gasteiger partial charge in [0.25, 0.3) is 0 Å². The topological polar surface area (TPSA) is 90.2 Å². The highest BCUT2D eigenvalue weighted by Crippen LogP contribution is 2.22. The molecule has 0 radical (unpaired) electrons. The predicted molar refractivity (Wildman–Crippen MR) is 61.9 cm³/mol. The summed E-state index contributed by atoms with van der Waals surface area (Å²) >= 11 is 0. The molecule has 0 spiro atoms. The fourth-order valence-electron chi connectivity index (χ4n) is 1.46. The van der Waals surface area contributed by atoms with E-state index in [2.05, 4.69) is 35.3 Å². The van der Waals surface area contributed by atoms with Gasteiger partial charge in [-0.3, -0.25) is 0 Å². The summed E-state index contributed by atoms with van der Waals surface area (Å²) in [5.41, 5.74) is 1.16. The summed E-state index contributed by atoms with van der Waals surface area (Å²) in [4.78, 5) is 16.6. The smallest absolute Gasteiger partial charge is 0.180 e. The van der Waals surface area contributed by atoms with Crippen LogP contribution in [0.15, 0.2) is 43.1 Å². The highest BCUT2D eigenvalue weighted by atomic mass is 15.3. The second-order valence-electron chi connectivity index (χ2n) is 3.34. The minimum Gasteiger partial charge on any atom is -0.236 e. The van der Waals surface area contributed by atoms with E-state index in [1.807, 2.05) is 0 Å². The lowest BCUT2D eigenvalue weighted by Crippen LogP contribution is -1.99. The molecule has 0 bridgehead atoms. The largest absolute Gasteiger partial charge is 0.236 e. The number of nitrogens with zero attached hydrogens (tertiary/aromatic N) is 7. The van der Waals surface area contributed by atoms with E-state index in [4.69, 9.17) is 0 Å². The lowest BCUT2D eigenvalue weighted by Gasteiger charge is -2.03. The number of hydrogen-bond donors (Lipinski definition) is 0. The Morgan fingerprint density at radius 1 is 0.722 bits per heavy atom. The third-order valence-electron chi connectivity index (χ3n) is 2.22. The number of rotatable bonds is 2. The molecule has 3 aromatic rings. The summed E-state index contributed by atoms with van der Waals surface area (Å²) in [5, 5.41) is 11.3. The highest BCUT2D eigenvalue weighted by Gasteiger charge is 2.13. The molecule has 0 aromatic carbocycles. The molecule has 7 heteroatoms. The van der Waals surface area contributed by atoms with Crippen molar-refractivity contribution >= 4 is 0 Å². The summed E-state index contributed by atoms with van der Waals surface area (Å²) in [6.07, 6.45) is 8.13. The van der Waals surface area contributed by atoms with Gasteiger partial charge in [-0.2, -0.15) is 0 Å². The van der Waals surface area contributed by atoms with Crippen molar-refractivity contribution < 1.29 is 0 Å². The quantitative estimate of drug-likeness (QED) is 0.650. The zero-order valence-corrected chi connectivity index (χ0v) is 9.17. The van der Waals surface area contributed by atoms with Gasteiger partial charge in [-0.05, 0) is 17.3 Å². The van der Waals surface area contributed by atoms with Crippen molar-refractivity contribution in [2.45, 2.75) is 0 Å². The van der Waals surface area contributed by atoms with Gasteiger partial charge >= 0.3 is 0 Å². The maximum absolute atomic E-state index is 4.16. The van der Waals surface area contributed by atoms with Crippen molar-refractivity contribution in [2.24, 2.45) is 0 Å². The summed E-state index contributed by atoms with van der Waals surface area (Å²) in [5.74, 6) is 0.984. The maximum Gasteiger partial charge on any atom is 0.180 e. The molecular formula is C11H7N7. The van der Waals surface area contributed by atoms with Gasteiger partial charge in [-0.15, -0.1) is 10.2 Å². The van der Waals surface area contributed by atoms with Gasteiger partial charge in [-0.25, -0.2) is 19.9 Å². The number of hydrogen-bond acceptors (Lipinski definition) is 7. The molecule has 0 saturated carbocycles. The molecule has 0 fully saturated rings. The number of aromatic nitrogens is 7. The Kier molecular flexibility index (Phi) is 2.63. The Bertz CT molecular complexity index is 583. The van der Waals surface area contributed by atoms with Crippen LogP contribution in [0.1, 0.15) is 0 Å². The first-order valence-corrected chi connectivity index (χ1v) is 5.18. The van der Waals surface area contributed by atoms with Gasteiger partial charge in [0.05, 0.1) is 11.8 Å². The van der Waals surface area contributed by atoms with Crippen molar-refractivity contribution in [3.05, 3.63) is 43.1 Å². The second kappa shape index (κ2) is 4.58. The minimum atomic E-state index is 0.467. The van der Waals surface area contributed by atoms with Crippen LogP contribution in [0.4, 0.5) is 0 Å². The first kappa shape index (κ1) is 10.3. The van der Waals surface area contributed by atoms with Crippen molar-refractivity contribution in [3.8, 4) is 22.9 Å². The minimum absolute atomic E-state index is 0.467. The van der Waals surface area contributed by atoms with E-state index in [-0.39, 0.29) is 0 Å². The lowest BCUT2D eigenvalue weighted by atomic mass is 10.2. The van der Waals surface area contributed by atoms with Crippen LogP contribution in [0, 0.1) is 0 Å². The molecule has 0 amide bonds. The Morgan fingerprint density at radius 2 is 1.33 bits per heavy atom. The normalized spacial score (nSPS) is 10.2. The highest BCUT2D eigenvalue weighted by molar-refractivity contribution is 5.71. The molecule has 0 atom stereocenters. The van der Waals surface area contributed by atoms with Crippen LogP contribution >= 0.6 is 0 Å². The average Bonchev–Trinajstić information content (AvgIpc) is 2.49. The van der Waals surface area contributed by atoms with E-state index in [9.17, 15) is 0 Å². The molecule has 0 unspecified atom stereocenters. The maximum atomic E-state index is 4.16. The Hall–Kier alpha value is -2.83. The second-order valence-corrected chi connectivity index (χ2v) is 3.34. The fraction of sp³-hybridized carbons (Fsp3) is 0. The van der Waals surface area contributed by atoms with Gasteiger partial charge in [-0.1, -0.05) is 0 Å². The van der Waals surface area contributed by atoms with Crippen LogP contribution in [-0.2, 0) is 0 Å². The molecule has 86 valence electrons. The molecule has 3 rings (SSSR count).